The van der Waals surface area contributed by atoms with E-state index in [9.17, 15) is 23.1 Å². The summed E-state index contributed by atoms with van der Waals surface area (Å²) in [6, 6.07) is 0. The fourth-order valence-electron chi connectivity index (χ4n) is 0.957. The second kappa shape index (κ2) is 3.84. The van der Waals surface area contributed by atoms with Crippen molar-refractivity contribution in [2.75, 3.05) is 0 Å². The number of hydroxylamine groups is 2. The van der Waals surface area contributed by atoms with E-state index in [-0.39, 0.29) is 5.06 Å². The van der Waals surface area contributed by atoms with Gasteiger partial charge in [-0.3, -0.25) is 13.8 Å². The average Bonchev–Trinajstić information content (AvgIpc) is 2.31. The second-order valence-corrected chi connectivity index (χ2v) is 3.65. The van der Waals surface area contributed by atoms with Crippen LogP contribution in [0.1, 0.15) is 13.3 Å². The Balaban J connectivity index is 2.80. The number of hydrogen-bond acceptors (Lipinski definition) is 6. The third kappa shape index (κ3) is 1.96. The molecule has 2 atom stereocenters. The SMILES string of the molecule is CC(=O)ON1C(=O)CC(S(=O)[O-])C1=O. The molecule has 0 radical (unpaired) electrons. The minimum atomic E-state index is -2.68. The molecule has 0 aromatic rings. The first-order valence-corrected chi connectivity index (χ1v) is 4.70. The van der Waals surface area contributed by atoms with E-state index in [4.69, 9.17) is 0 Å². The van der Waals surface area contributed by atoms with Crippen molar-refractivity contribution < 1.29 is 28.0 Å². The number of nitrogens with zero attached hydrogens (tertiary/aromatic N) is 1. The van der Waals surface area contributed by atoms with Gasteiger partial charge in [-0.2, -0.15) is 0 Å². The molecule has 0 aromatic heterocycles. The molecule has 1 aliphatic rings. The van der Waals surface area contributed by atoms with Gasteiger partial charge in [-0.1, -0.05) is 0 Å². The highest BCUT2D eigenvalue weighted by atomic mass is 32.2. The Morgan fingerprint density at radius 1 is 1.64 bits per heavy atom. The molecule has 1 saturated heterocycles. The minimum Gasteiger partial charge on any atom is -0.772 e. The first kappa shape index (κ1) is 10.8. The third-order valence-electron chi connectivity index (χ3n) is 1.51. The van der Waals surface area contributed by atoms with Crippen LogP contribution in [0, 0.1) is 0 Å². The molecule has 78 valence electrons. The van der Waals surface area contributed by atoms with E-state index in [1.807, 2.05) is 0 Å². The standard InChI is InChI=1S/C6H7NO6S/c1-3(8)13-7-5(9)2-4(6(7)10)14(11)12/h4H,2H2,1H3,(H,11,12)/p-1. The molecule has 2 amide bonds. The number of amides is 2. The first-order valence-electron chi connectivity index (χ1n) is 3.57. The van der Waals surface area contributed by atoms with E-state index in [0.29, 0.717) is 0 Å². The molecule has 0 aromatic carbocycles. The van der Waals surface area contributed by atoms with E-state index in [2.05, 4.69) is 4.84 Å². The van der Waals surface area contributed by atoms with Crippen LogP contribution in [-0.4, -0.2) is 36.9 Å². The zero-order chi connectivity index (χ0) is 10.9. The second-order valence-electron chi connectivity index (χ2n) is 2.56. The Kier molecular flexibility index (Phi) is 2.96. The normalized spacial score (nSPS) is 23.9. The highest BCUT2D eigenvalue weighted by Crippen LogP contribution is 2.17. The average molecular weight is 220 g/mol. The number of carbonyl (C=O) groups is 3. The fraction of sp³-hybridized carbons (Fsp3) is 0.500. The van der Waals surface area contributed by atoms with Gasteiger partial charge in [-0.05, 0) is 11.1 Å². The summed E-state index contributed by atoms with van der Waals surface area (Å²) >= 11 is -2.68. The minimum absolute atomic E-state index is 0.183. The van der Waals surface area contributed by atoms with Crippen LogP contribution in [-0.2, 0) is 30.3 Å². The van der Waals surface area contributed by atoms with Crippen LogP contribution < -0.4 is 0 Å². The van der Waals surface area contributed by atoms with Crippen molar-refractivity contribution in [2.45, 2.75) is 18.6 Å². The van der Waals surface area contributed by atoms with Crippen LogP contribution in [0.15, 0.2) is 0 Å². The van der Waals surface area contributed by atoms with Gasteiger partial charge in [0.05, 0.1) is 6.42 Å². The van der Waals surface area contributed by atoms with Gasteiger partial charge in [0.1, 0.15) is 5.25 Å². The zero-order valence-electron chi connectivity index (χ0n) is 7.09. The van der Waals surface area contributed by atoms with Crippen molar-refractivity contribution in [3.63, 3.8) is 0 Å². The molecule has 1 aliphatic heterocycles. The summed E-state index contributed by atoms with van der Waals surface area (Å²) in [5, 5.41) is -1.26. The molecular weight excluding hydrogens is 214 g/mol. The van der Waals surface area contributed by atoms with E-state index in [0.717, 1.165) is 6.92 Å². The highest BCUT2D eigenvalue weighted by Gasteiger charge is 2.42. The first-order chi connectivity index (χ1) is 6.43. The molecule has 0 bridgehead atoms. The third-order valence-corrected chi connectivity index (χ3v) is 2.35. The molecule has 0 N–H and O–H groups in total. The maximum atomic E-state index is 11.1. The molecule has 8 heteroatoms. The van der Waals surface area contributed by atoms with E-state index >= 15 is 0 Å². The number of rotatable bonds is 2. The van der Waals surface area contributed by atoms with Gasteiger partial charge in [0, 0.05) is 6.92 Å². The predicted octanol–water partition coefficient (Wildman–Crippen LogP) is -1.53. The molecule has 1 fully saturated rings. The Labute approximate surface area is 81.2 Å². The summed E-state index contributed by atoms with van der Waals surface area (Å²) in [4.78, 5) is 36.8. The molecule has 1 rings (SSSR count). The summed E-state index contributed by atoms with van der Waals surface area (Å²) in [5.41, 5.74) is 0. The van der Waals surface area contributed by atoms with Gasteiger partial charge in [-0.25, -0.2) is 4.79 Å². The molecule has 0 spiro atoms. The monoisotopic (exact) mass is 220 g/mol. The van der Waals surface area contributed by atoms with Crippen LogP contribution >= 0.6 is 0 Å². The number of hydrogen-bond donors (Lipinski definition) is 0. The summed E-state index contributed by atoms with van der Waals surface area (Å²) in [6.45, 7) is 1.00. The zero-order valence-corrected chi connectivity index (χ0v) is 7.91. The van der Waals surface area contributed by atoms with Gasteiger partial charge in [0.15, 0.2) is 0 Å². The smallest absolute Gasteiger partial charge is 0.330 e. The van der Waals surface area contributed by atoms with Gasteiger partial charge in [-0.15, -0.1) is 5.06 Å². The molecule has 0 aliphatic carbocycles. The summed E-state index contributed by atoms with van der Waals surface area (Å²) < 4.78 is 20.9. The van der Waals surface area contributed by atoms with Gasteiger partial charge >= 0.3 is 5.97 Å². The summed E-state index contributed by atoms with van der Waals surface area (Å²) in [7, 11) is 0. The lowest BCUT2D eigenvalue weighted by molar-refractivity contribution is -0.195. The molecular formula is C6H6NO6S-. The molecule has 0 saturated carbocycles. The largest absolute Gasteiger partial charge is 0.772 e. The Morgan fingerprint density at radius 2 is 2.21 bits per heavy atom. The molecule has 1 heterocycles. The number of carbonyl (C=O) groups excluding carboxylic acids is 3. The highest BCUT2D eigenvalue weighted by molar-refractivity contribution is 7.80. The molecule has 2 unspecified atom stereocenters. The van der Waals surface area contributed by atoms with Gasteiger partial charge in [0.25, 0.3) is 11.8 Å². The van der Waals surface area contributed by atoms with Crippen molar-refractivity contribution in [3.05, 3.63) is 0 Å². The topological polar surface area (TPSA) is 104 Å². The maximum Gasteiger partial charge on any atom is 0.330 e. The van der Waals surface area contributed by atoms with Crippen molar-refractivity contribution in [1.82, 2.24) is 5.06 Å². The van der Waals surface area contributed by atoms with Crippen LogP contribution in [0.3, 0.4) is 0 Å². The Hall–Kier alpha value is -1.28. The Bertz CT molecular complexity index is 326. The number of imide groups is 1. The van der Waals surface area contributed by atoms with Crippen molar-refractivity contribution >= 4 is 28.9 Å². The lowest BCUT2D eigenvalue weighted by Gasteiger charge is -2.13. The van der Waals surface area contributed by atoms with Crippen molar-refractivity contribution in [2.24, 2.45) is 0 Å². The van der Waals surface area contributed by atoms with Crippen molar-refractivity contribution in [3.8, 4) is 0 Å². The lowest BCUT2D eigenvalue weighted by atomic mass is 10.4. The van der Waals surface area contributed by atoms with Gasteiger partial charge < -0.3 is 9.39 Å². The van der Waals surface area contributed by atoms with Crippen LogP contribution in [0.5, 0.6) is 0 Å². The molecule has 7 nitrogen and oxygen atoms in total. The van der Waals surface area contributed by atoms with Crippen molar-refractivity contribution in [1.29, 1.82) is 0 Å². The fourth-order valence-corrected chi connectivity index (χ4v) is 1.50. The van der Waals surface area contributed by atoms with E-state index < -0.39 is 40.5 Å². The lowest BCUT2D eigenvalue weighted by Crippen LogP contribution is -2.34. The Morgan fingerprint density at radius 3 is 2.57 bits per heavy atom. The van der Waals surface area contributed by atoms with Gasteiger partial charge in [0.2, 0.25) is 0 Å². The molecule has 14 heavy (non-hydrogen) atoms. The summed E-state index contributed by atoms with van der Waals surface area (Å²) in [5.74, 6) is -2.72. The van der Waals surface area contributed by atoms with Crippen LogP contribution in [0.2, 0.25) is 0 Å². The quantitative estimate of drug-likeness (QED) is 0.413. The van der Waals surface area contributed by atoms with Crippen LogP contribution in [0.25, 0.3) is 0 Å². The predicted molar refractivity (Wildman–Crippen MR) is 40.9 cm³/mol. The summed E-state index contributed by atoms with van der Waals surface area (Å²) in [6.07, 6.45) is -0.484. The van der Waals surface area contributed by atoms with Crippen LogP contribution in [0.4, 0.5) is 0 Å². The van der Waals surface area contributed by atoms with E-state index in [1.54, 1.807) is 0 Å². The maximum absolute atomic E-state index is 11.1. The van der Waals surface area contributed by atoms with E-state index in [1.165, 1.54) is 0 Å².